The number of carbonyl (C=O) groups excluding carboxylic acids is 1. The van der Waals surface area contributed by atoms with Crippen LogP contribution in [0.15, 0.2) is 53.7 Å². The molecule has 10 heteroatoms. The number of anilines is 2. The first kappa shape index (κ1) is 17.5. The van der Waals surface area contributed by atoms with Crippen LogP contribution >= 0.6 is 0 Å². The SMILES string of the molecule is Cc1cc(C(=O)Nc2ccc(S(=O)(=O)Nc3ncccn3)cc2)nn1C. The van der Waals surface area contributed by atoms with Gasteiger partial charge in [0, 0.05) is 30.8 Å². The third kappa shape index (κ3) is 3.86. The Morgan fingerprint density at radius 1 is 1.12 bits per heavy atom. The van der Waals surface area contributed by atoms with Crippen LogP contribution in [-0.4, -0.2) is 34.1 Å². The molecule has 0 aliphatic carbocycles. The number of aryl methyl sites for hydroxylation is 2. The minimum absolute atomic E-state index is 0.0181. The Morgan fingerprint density at radius 3 is 2.35 bits per heavy atom. The lowest BCUT2D eigenvalue weighted by Gasteiger charge is -2.08. The Labute approximate surface area is 150 Å². The summed E-state index contributed by atoms with van der Waals surface area (Å²) in [7, 11) is -2.07. The van der Waals surface area contributed by atoms with Crippen molar-refractivity contribution >= 4 is 27.6 Å². The van der Waals surface area contributed by atoms with Crippen molar-refractivity contribution in [1.29, 1.82) is 0 Å². The number of nitrogens with zero attached hydrogens (tertiary/aromatic N) is 4. The number of carbonyl (C=O) groups is 1. The number of amides is 1. The van der Waals surface area contributed by atoms with Crippen LogP contribution in [0.5, 0.6) is 0 Å². The van der Waals surface area contributed by atoms with Crippen LogP contribution in [0.2, 0.25) is 0 Å². The van der Waals surface area contributed by atoms with Crippen molar-refractivity contribution in [2.45, 2.75) is 11.8 Å². The Morgan fingerprint density at radius 2 is 1.77 bits per heavy atom. The molecule has 2 N–H and O–H groups in total. The number of nitrogens with one attached hydrogen (secondary N) is 2. The highest BCUT2D eigenvalue weighted by Gasteiger charge is 2.16. The number of benzene rings is 1. The quantitative estimate of drug-likeness (QED) is 0.702. The molecule has 134 valence electrons. The Kier molecular flexibility index (Phi) is 4.67. The maximum absolute atomic E-state index is 12.3. The van der Waals surface area contributed by atoms with Gasteiger partial charge in [-0.3, -0.25) is 9.48 Å². The van der Waals surface area contributed by atoms with Crippen molar-refractivity contribution in [3.63, 3.8) is 0 Å². The fraction of sp³-hybridized carbons (Fsp3) is 0.125. The maximum atomic E-state index is 12.3. The second-order valence-electron chi connectivity index (χ2n) is 5.45. The van der Waals surface area contributed by atoms with Crippen LogP contribution < -0.4 is 10.0 Å². The number of hydrogen-bond donors (Lipinski definition) is 2. The van der Waals surface area contributed by atoms with E-state index in [-0.39, 0.29) is 22.4 Å². The Bertz CT molecular complexity index is 1010. The molecule has 0 saturated carbocycles. The van der Waals surface area contributed by atoms with E-state index in [9.17, 15) is 13.2 Å². The predicted molar refractivity (Wildman–Crippen MR) is 95.2 cm³/mol. The fourth-order valence-electron chi connectivity index (χ4n) is 2.12. The summed E-state index contributed by atoms with van der Waals surface area (Å²) < 4.78 is 28.5. The molecule has 0 unspecified atom stereocenters. The average Bonchev–Trinajstić information content (AvgIpc) is 2.95. The molecule has 0 aliphatic rings. The molecule has 2 aromatic heterocycles. The van der Waals surface area contributed by atoms with Gasteiger partial charge in [-0.15, -0.1) is 0 Å². The summed E-state index contributed by atoms with van der Waals surface area (Å²) in [6.45, 7) is 1.84. The van der Waals surface area contributed by atoms with Gasteiger partial charge in [0.1, 0.15) is 0 Å². The molecule has 0 bridgehead atoms. The van der Waals surface area contributed by atoms with Crippen LogP contribution in [0.25, 0.3) is 0 Å². The smallest absolute Gasteiger partial charge is 0.276 e. The molecule has 2 heterocycles. The molecule has 3 aromatic rings. The third-order valence-electron chi connectivity index (χ3n) is 3.56. The molecule has 1 amide bonds. The monoisotopic (exact) mass is 372 g/mol. The molecule has 3 rings (SSSR count). The topological polar surface area (TPSA) is 119 Å². The Hall–Kier alpha value is -3.27. The Balaban J connectivity index is 1.72. The largest absolute Gasteiger partial charge is 0.321 e. The van der Waals surface area contributed by atoms with Gasteiger partial charge in [0.2, 0.25) is 5.95 Å². The first-order chi connectivity index (χ1) is 12.3. The van der Waals surface area contributed by atoms with Crippen molar-refractivity contribution in [3.8, 4) is 0 Å². The van der Waals surface area contributed by atoms with Crippen LogP contribution in [0.1, 0.15) is 16.2 Å². The van der Waals surface area contributed by atoms with Gasteiger partial charge < -0.3 is 5.32 Å². The average molecular weight is 372 g/mol. The molecule has 0 fully saturated rings. The second-order valence-corrected chi connectivity index (χ2v) is 7.13. The van der Waals surface area contributed by atoms with Crippen LogP contribution in [0, 0.1) is 6.92 Å². The van der Waals surface area contributed by atoms with E-state index >= 15 is 0 Å². The normalized spacial score (nSPS) is 11.2. The fourth-order valence-corrected chi connectivity index (χ4v) is 3.07. The highest BCUT2D eigenvalue weighted by molar-refractivity contribution is 7.92. The molecule has 0 saturated heterocycles. The van der Waals surface area contributed by atoms with Crippen LogP contribution in [0.4, 0.5) is 11.6 Å². The number of hydrogen-bond acceptors (Lipinski definition) is 6. The van der Waals surface area contributed by atoms with E-state index in [1.54, 1.807) is 23.9 Å². The van der Waals surface area contributed by atoms with E-state index in [2.05, 4.69) is 25.1 Å². The van der Waals surface area contributed by atoms with Crippen molar-refractivity contribution < 1.29 is 13.2 Å². The minimum Gasteiger partial charge on any atom is -0.321 e. The van der Waals surface area contributed by atoms with E-state index in [1.165, 1.54) is 36.7 Å². The van der Waals surface area contributed by atoms with Gasteiger partial charge in [-0.1, -0.05) is 0 Å². The van der Waals surface area contributed by atoms with E-state index in [1.807, 2.05) is 6.92 Å². The zero-order chi connectivity index (χ0) is 18.7. The van der Waals surface area contributed by atoms with Crippen molar-refractivity contribution in [2.75, 3.05) is 10.0 Å². The van der Waals surface area contributed by atoms with Gasteiger partial charge in [-0.2, -0.15) is 5.10 Å². The lowest BCUT2D eigenvalue weighted by Crippen LogP contribution is -2.15. The molecule has 9 nitrogen and oxygen atoms in total. The zero-order valence-corrected chi connectivity index (χ0v) is 14.9. The molecule has 0 atom stereocenters. The molecule has 1 aromatic carbocycles. The van der Waals surface area contributed by atoms with Crippen LogP contribution in [-0.2, 0) is 17.1 Å². The lowest BCUT2D eigenvalue weighted by molar-refractivity contribution is 0.102. The van der Waals surface area contributed by atoms with E-state index in [4.69, 9.17) is 0 Å². The minimum atomic E-state index is -3.82. The lowest BCUT2D eigenvalue weighted by atomic mass is 10.3. The first-order valence-corrected chi connectivity index (χ1v) is 9.05. The van der Waals surface area contributed by atoms with Gasteiger partial charge in [0.05, 0.1) is 4.90 Å². The van der Waals surface area contributed by atoms with Crippen LogP contribution in [0.3, 0.4) is 0 Å². The number of sulfonamides is 1. The highest BCUT2D eigenvalue weighted by atomic mass is 32.2. The van der Waals surface area contributed by atoms with Gasteiger partial charge >= 0.3 is 0 Å². The third-order valence-corrected chi connectivity index (χ3v) is 4.90. The first-order valence-electron chi connectivity index (χ1n) is 7.57. The standard InChI is InChI=1S/C16H16N6O3S/c1-11-10-14(20-22(11)2)15(23)19-12-4-6-13(7-5-12)26(24,25)21-16-17-8-3-9-18-16/h3-10H,1-2H3,(H,19,23)(H,17,18,21). The van der Waals surface area contributed by atoms with E-state index < -0.39 is 10.0 Å². The van der Waals surface area contributed by atoms with Gasteiger partial charge in [0.15, 0.2) is 5.69 Å². The van der Waals surface area contributed by atoms with Gasteiger partial charge in [0.25, 0.3) is 15.9 Å². The zero-order valence-electron chi connectivity index (χ0n) is 14.0. The maximum Gasteiger partial charge on any atom is 0.276 e. The molecular weight excluding hydrogens is 356 g/mol. The summed E-state index contributed by atoms with van der Waals surface area (Å²) in [5.41, 5.74) is 1.59. The summed E-state index contributed by atoms with van der Waals surface area (Å²) >= 11 is 0. The number of rotatable bonds is 5. The van der Waals surface area contributed by atoms with Gasteiger partial charge in [-0.05, 0) is 43.3 Å². The summed E-state index contributed by atoms with van der Waals surface area (Å²) in [4.78, 5) is 19.8. The summed E-state index contributed by atoms with van der Waals surface area (Å²) in [5.74, 6) is -0.393. The second kappa shape index (κ2) is 6.92. The van der Waals surface area contributed by atoms with Crippen molar-refractivity contribution in [2.24, 2.45) is 7.05 Å². The highest BCUT2D eigenvalue weighted by Crippen LogP contribution is 2.17. The van der Waals surface area contributed by atoms with E-state index in [0.717, 1.165) is 5.69 Å². The van der Waals surface area contributed by atoms with E-state index in [0.29, 0.717) is 5.69 Å². The molecular formula is C16H16N6O3S. The van der Waals surface area contributed by atoms with Crippen molar-refractivity contribution in [1.82, 2.24) is 19.7 Å². The summed E-state index contributed by atoms with van der Waals surface area (Å²) in [6, 6.07) is 8.99. The number of aromatic nitrogens is 4. The molecule has 0 spiro atoms. The molecule has 26 heavy (non-hydrogen) atoms. The van der Waals surface area contributed by atoms with Crippen molar-refractivity contribution in [3.05, 3.63) is 60.2 Å². The summed E-state index contributed by atoms with van der Waals surface area (Å²) in [6.07, 6.45) is 2.87. The molecule has 0 radical (unpaired) electrons. The van der Waals surface area contributed by atoms with Gasteiger partial charge in [-0.25, -0.2) is 23.1 Å². The predicted octanol–water partition coefficient (Wildman–Crippen LogP) is 1.57. The molecule has 0 aliphatic heterocycles. The summed E-state index contributed by atoms with van der Waals surface area (Å²) in [5, 5.41) is 6.77.